The second kappa shape index (κ2) is 4.93. The Morgan fingerprint density at radius 1 is 1.44 bits per heavy atom. The Morgan fingerprint density at radius 2 is 2.31 bits per heavy atom. The van der Waals surface area contributed by atoms with Crippen LogP contribution in [0.4, 0.5) is 11.4 Å². The third-order valence-electron chi connectivity index (χ3n) is 1.99. The van der Waals surface area contributed by atoms with E-state index in [2.05, 4.69) is 40.9 Å². The SMILES string of the molecule is Nc1cncc(Br)c1NCCc1ncon1. The Labute approximate surface area is 100 Å². The Bertz CT molecular complexity index is 439. The molecule has 0 amide bonds. The van der Waals surface area contributed by atoms with E-state index in [4.69, 9.17) is 5.73 Å². The number of pyridine rings is 1. The van der Waals surface area contributed by atoms with Crippen LogP contribution in [-0.2, 0) is 6.42 Å². The minimum Gasteiger partial charge on any atom is -0.396 e. The van der Waals surface area contributed by atoms with Crippen molar-refractivity contribution in [3.63, 3.8) is 0 Å². The smallest absolute Gasteiger partial charge is 0.213 e. The summed E-state index contributed by atoms with van der Waals surface area (Å²) in [5, 5.41) is 6.90. The van der Waals surface area contributed by atoms with Gasteiger partial charge in [0.1, 0.15) is 0 Å². The van der Waals surface area contributed by atoms with Gasteiger partial charge in [0.15, 0.2) is 5.82 Å². The molecule has 3 N–H and O–H groups in total. The maximum Gasteiger partial charge on any atom is 0.213 e. The van der Waals surface area contributed by atoms with Gasteiger partial charge in [0.05, 0.1) is 22.0 Å². The van der Waals surface area contributed by atoms with Gasteiger partial charge >= 0.3 is 0 Å². The first-order chi connectivity index (χ1) is 7.77. The van der Waals surface area contributed by atoms with Gasteiger partial charge in [-0.1, -0.05) is 5.16 Å². The molecule has 0 unspecified atom stereocenters. The summed E-state index contributed by atoms with van der Waals surface area (Å²) in [7, 11) is 0. The van der Waals surface area contributed by atoms with Crippen LogP contribution in [0.1, 0.15) is 5.82 Å². The summed E-state index contributed by atoms with van der Waals surface area (Å²) in [6.07, 6.45) is 5.27. The van der Waals surface area contributed by atoms with Crippen molar-refractivity contribution in [2.24, 2.45) is 0 Å². The van der Waals surface area contributed by atoms with Crippen LogP contribution in [0.25, 0.3) is 0 Å². The lowest BCUT2D eigenvalue weighted by Gasteiger charge is -2.09. The van der Waals surface area contributed by atoms with E-state index in [0.717, 1.165) is 10.2 Å². The molecule has 0 aromatic carbocycles. The number of hydrogen-bond donors (Lipinski definition) is 2. The molecule has 0 aliphatic heterocycles. The minimum absolute atomic E-state index is 0.600. The number of anilines is 2. The Kier molecular flexibility index (Phi) is 3.35. The number of nitrogen functional groups attached to an aromatic ring is 1. The summed E-state index contributed by atoms with van der Waals surface area (Å²) in [6.45, 7) is 0.673. The Hall–Kier alpha value is -1.63. The lowest BCUT2D eigenvalue weighted by atomic mass is 10.3. The molecule has 7 heteroatoms. The van der Waals surface area contributed by atoms with Crippen LogP contribution < -0.4 is 11.1 Å². The van der Waals surface area contributed by atoms with Crippen LogP contribution in [0.2, 0.25) is 0 Å². The van der Waals surface area contributed by atoms with Crippen LogP contribution in [0.5, 0.6) is 0 Å². The summed E-state index contributed by atoms with van der Waals surface area (Å²) < 4.78 is 5.47. The van der Waals surface area contributed by atoms with E-state index >= 15 is 0 Å². The molecule has 16 heavy (non-hydrogen) atoms. The van der Waals surface area contributed by atoms with Gasteiger partial charge < -0.3 is 15.6 Å². The minimum atomic E-state index is 0.600. The van der Waals surface area contributed by atoms with Crippen molar-refractivity contribution in [2.75, 3.05) is 17.6 Å². The lowest BCUT2D eigenvalue weighted by molar-refractivity contribution is 0.410. The van der Waals surface area contributed by atoms with Crippen molar-refractivity contribution in [3.8, 4) is 0 Å². The number of halogens is 1. The highest BCUT2D eigenvalue weighted by molar-refractivity contribution is 9.10. The molecule has 0 radical (unpaired) electrons. The molecule has 0 atom stereocenters. The summed E-state index contributed by atoms with van der Waals surface area (Å²) in [5.74, 6) is 0.663. The molecule has 2 aromatic rings. The topological polar surface area (TPSA) is 89.9 Å². The van der Waals surface area contributed by atoms with Crippen LogP contribution in [-0.4, -0.2) is 21.7 Å². The second-order valence-corrected chi connectivity index (χ2v) is 3.96. The third kappa shape index (κ3) is 2.48. The highest BCUT2D eigenvalue weighted by atomic mass is 79.9. The average Bonchev–Trinajstić information content (AvgIpc) is 2.75. The number of nitrogens with one attached hydrogen (secondary N) is 1. The van der Waals surface area contributed by atoms with Crippen LogP contribution in [0, 0.1) is 0 Å². The van der Waals surface area contributed by atoms with Crippen molar-refractivity contribution in [1.82, 2.24) is 15.1 Å². The first-order valence-electron chi connectivity index (χ1n) is 4.65. The van der Waals surface area contributed by atoms with Crippen molar-refractivity contribution in [3.05, 3.63) is 29.1 Å². The molecule has 0 aliphatic rings. The van der Waals surface area contributed by atoms with Gasteiger partial charge in [-0.15, -0.1) is 0 Å². The molecular weight excluding hydrogens is 274 g/mol. The quantitative estimate of drug-likeness (QED) is 0.883. The predicted molar refractivity (Wildman–Crippen MR) is 62.8 cm³/mol. The summed E-state index contributed by atoms with van der Waals surface area (Å²) in [4.78, 5) is 7.87. The second-order valence-electron chi connectivity index (χ2n) is 3.11. The fourth-order valence-electron chi connectivity index (χ4n) is 1.24. The first-order valence-corrected chi connectivity index (χ1v) is 5.45. The largest absolute Gasteiger partial charge is 0.396 e. The Balaban J connectivity index is 1.95. The fraction of sp³-hybridized carbons (Fsp3) is 0.222. The molecular formula is C9H10BrN5O. The summed E-state index contributed by atoms with van der Waals surface area (Å²) in [6, 6.07) is 0. The number of hydrogen-bond acceptors (Lipinski definition) is 6. The van der Waals surface area contributed by atoms with Gasteiger partial charge in [-0.25, -0.2) is 0 Å². The standard InChI is InChI=1S/C9H10BrN5O/c10-6-3-12-4-7(11)9(6)13-2-1-8-14-5-16-15-8/h3-5H,1-2,11H2,(H,12,13). The van der Waals surface area contributed by atoms with Crippen molar-refractivity contribution < 1.29 is 4.52 Å². The van der Waals surface area contributed by atoms with Crippen LogP contribution in [0.3, 0.4) is 0 Å². The zero-order valence-corrected chi connectivity index (χ0v) is 9.94. The molecule has 84 valence electrons. The molecule has 0 saturated carbocycles. The predicted octanol–water partition coefficient (Wildman–Crippen LogP) is 1.46. The molecule has 2 aromatic heterocycles. The van der Waals surface area contributed by atoms with E-state index in [1.807, 2.05) is 0 Å². The summed E-state index contributed by atoms with van der Waals surface area (Å²) in [5.41, 5.74) is 7.21. The fourth-order valence-corrected chi connectivity index (χ4v) is 1.73. The highest BCUT2D eigenvalue weighted by Crippen LogP contribution is 2.26. The number of nitrogens with two attached hydrogens (primary N) is 1. The molecule has 0 fully saturated rings. The van der Waals surface area contributed by atoms with Gasteiger partial charge in [-0.3, -0.25) is 4.98 Å². The molecule has 6 nitrogen and oxygen atoms in total. The molecule has 0 spiro atoms. The van der Waals surface area contributed by atoms with E-state index in [-0.39, 0.29) is 0 Å². The van der Waals surface area contributed by atoms with Crippen LogP contribution in [0.15, 0.2) is 27.8 Å². The van der Waals surface area contributed by atoms with E-state index in [0.29, 0.717) is 24.5 Å². The van der Waals surface area contributed by atoms with E-state index in [1.54, 1.807) is 12.4 Å². The molecule has 2 heterocycles. The zero-order chi connectivity index (χ0) is 11.4. The zero-order valence-electron chi connectivity index (χ0n) is 8.35. The monoisotopic (exact) mass is 283 g/mol. The summed E-state index contributed by atoms with van der Waals surface area (Å²) >= 11 is 3.37. The molecule has 0 saturated heterocycles. The Morgan fingerprint density at radius 3 is 3.00 bits per heavy atom. The molecule has 0 bridgehead atoms. The van der Waals surface area contributed by atoms with Gasteiger partial charge in [-0.2, -0.15) is 4.98 Å². The maximum absolute atomic E-state index is 5.78. The lowest BCUT2D eigenvalue weighted by Crippen LogP contribution is -2.08. The van der Waals surface area contributed by atoms with E-state index in [1.165, 1.54) is 6.39 Å². The van der Waals surface area contributed by atoms with Gasteiger partial charge in [0, 0.05) is 19.2 Å². The van der Waals surface area contributed by atoms with Gasteiger partial charge in [0.25, 0.3) is 0 Å². The van der Waals surface area contributed by atoms with Crippen LogP contribution >= 0.6 is 15.9 Å². The normalized spacial score (nSPS) is 10.3. The third-order valence-corrected chi connectivity index (χ3v) is 2.59. The number of nitrogens with zero attached hydrogens (tertiary/aromatic N) is 3. The molecule has 2 rings (SSSR count). The highest BCUT2D eigenvalue weighted by Gasteiger charge is 2.04. The van der Waals surface area contributed by atoms with Gasteiger partial charge in [0.2, 0.25) is 6.39 Å². The van der Waals surface area contributed by atoms with Crippen molar-refractivity contribution in [2.45, 2.75) is 6.42 Å². The van der Waals surface area contributed by atoms with Gasteiger partial charge in [-0.05, 0) is 15.9 Å². The molecule has 0 aliphatic carbocycles. The van der Waals surface area contributed by atoms with Crippen molar-refractivity contribution in [1.29, 1.82) is 0 Å². The number of rotatable bonds is 4. The van der Waals surface area contributed by atoms with Crippen molar-refractivity contribution >= 4 is 27.3 Å². The number of aromatic nitrogens is 3. The van der Waals surface area contributed by atoms with E-state index in [9.17, 15) is 0 Å². The van der Waals surface area contributed by atoms with E-state index < -0.39 is 0 Å². The first kappa shape index (κ1) is 10.9. The maximum atomic E-state index is 5.78. The average molecular weight is 284 g/mol.